The van der Waals surface area contributed by atoms with Gasteiger partial charge in [-0.1, -0.05) is 13.8 Å². The molecular formula is C14H25N5S. The first kappa shape index (κ1) is 14.2. The molecule has 20 heavy (non-hydrogen) atoms. The largest absolute Gasteiger partial charge is 0.345 e. The summed E-state index contributed by atoms with van der Waals surface area (Å²) < 4.78 is 4.47. The van der Waals surface area contributed by atoms with Crippen molar-refractivity contribution in [3.05, 3.63) is 5.82 Å². The lowest BCUT2D eigenvalue weighted by atomic mass is 10.0. The molecule has 5 nitrogen and oxygen atoms in total. The van der Waals surface area contributed by atoms with E-state index in [0.29, 0.717) is 18.0 Å². The Bertz CT molecular complexity index is 439. The van der Waals surface area contributed by atoms with Gasteiger partial charge in [-0.25, -0.2) is 4.98 Å². The topological polar surface area (TPSA) is 58.3 Å². The van der Waals surface area contributed by atoms with Gasteiger partial charge >= 0.3 is 0 Å². The smallest absolute Gasteiger partial charge is 0.205 e. The summed E-state index contributed by atoms with van der Waals surface area (Å²) in [6.45, 7) is 8.83. The molecule has 2 aliphatic heterocycles. The highest BCUT2D eigenvalue weighted by molar-refractivity contribution is 7.09. The van der Waals surface area contributed by atoms with Gasteiger partial charge in [0, 0.05) is 42.6 Å². The zero-order valence-electron chi connectivity index (χ0n) is 12.5. The lowest BCUT2D eigenvalue weighted by molar-refractivity contribution is 0.163. The van der Waals surface area contributed by atoms with Gasteiger partial charge in [0.05, 0.1) is 0 Å². The molecule has 0 amide bonds. The maximum atomic E-state index is 5.99. The molecule has 112 valence electrons. The lowest BCUT2D eigenvalue weighted by Crippen LogP contribution is -2.46. The van der Waals surface area contributed by atoms with Gasteiger partial charge in [-0.15, -0.1) is 0 Å². The first-order chi connectivity index (χ1) is 9.63. The zero-order chi connectivity index (χ0) is 14.1. The van der Waals surface area contributed by atoms with E-state index in [1.165, 1.54) is 6.42 Å². The standard InChI is InChI=1S/C14H25N5S/c1-10(2)13-16-14(20-17-13)19-8-5-12(9-19)18-6-3-11(15)4-7-18/h10-12H,3-9,15H2,1-2H3. The van der Waals surface area contributed by atoms with E-state index < -0.39 is 0 Å². The highest BCUT2D eigenvalue weighted by Gasteiger charge is 2.31. The van der Waals surface area contributed by atoms with Crippen molar-refractivity contribution in [2.24, 2.45) is 5.73 Å². The van der Waals surface area contributed by atoms with Gasteiger partial charge in [-0.3, -0.25) is 4.90 Å². The molecule has 2 saturated heterocycles. The fraction of sp³-hybridized carbons (Fsp3) is 0.857. The average molecular weight is 295 g/mol. The molecule has 1 atom stereocenters. The molecule has 2 aliphatic rings. The van der Waals surface area contributed by atoms with E-state index in [1.807, 2.05) is 0 Å². The van der Waals surface area contributed by atoms with Crippen molar-refractivity contribution < 1.29 is 0 Å². The number of nitrogens with zero attached hydrogens (tertiary/aromatic N) is 4. The Hall–Kier alpha value is -0.720. The molecule has 0 aromatic carbocycles. The van der Waals surface area contributed by atoms with Gasteiger partial charge < -0.3 is 10.6 Å². The summed E-state index contributed by atoms with van der Waals surface area (Å²) in [6, 6.07) is 1.09. The number of rotatable bonds is 3. The maximum absolute atomic E-state index is 5.99. The molecule has 0 saturated carbocycles. The minimum Gasteiger partial charge on any atom is -0.345 e. The van der Waals surface area contributed by atoms with Crippen LogP contribution in [0.1, 0.15) is 44.9 Å². The highest BCUT2D eigenvalue weighted by atomic mass is 32.1. The van der Waals surface area contributed by atoms with Crippen LogP contribution in [0, 0.1) is 0 Å². The fourth-order valence-corrected chi connectivity index (χ4v) is 3.93. The van der Waals surface area contributed by atoms with E-state index >= 15 is 0 Å². The second-order valence-electron chi connectivity index (χ2n) is 6.35. The van der Waals surface area contributed by atoms with Crippen molar-refractivity contribution in [3.63, 3.8) is 0 Å². The molecule has 3 rings (SSSR count). The van der Waals surface area contributed by atoms with Crippen LogP contribution in [-0.2, 0) is 0 Å². The van der Waals surface area contributed by atoms with E-state index in [2.05, 4.69) is 33.0 Å². The van der Waals surface area contributed by atoms with Gasteiger partial charge in [0.25, 0.3) is 0 Å². The minimum absolute atomic E-state index is 0.417. The monoisotopic (exact) mass is 295 g/mol. The summed E-state index contributed by atoms with van der Waals surface area (Å²) in [7, 11) is 0. The van der Waals surface area contributed by atoms with Gasteiger partial charge in [-0.2, -0.15) is 4.37 Å². The maximum Gasteiger partial charge on any atom is 0.205 e. The van der Waals surface area contributed by atoms with Crippen molar-refractivity contribution >= 4 is 16.7 Å². The Morgan fingerprint density at radius 2 is 1.95 bits per heavy atom. The van der Waals surface area contributed by atoms with Crippen LogP contribution in [0.2, 0.25) is 0 Å². The Kier molecular flexibility index (Phi) is 4.23. The molecule has 0 bridgehead atoms. The van der Waals surface area contributed by atoms with Crippen LogP contribution < -0.4 is 10.6 Å². The second kappa shape index (κ2) is 5.95. The molecule has 0 aliphatic carbocycles. The van der Waals surface area contributed by atoms with Crippen LogP contribution in [0.4, 0.5) is 5.13 Å². The van der Waals surface area contributed by atoms with Gasteiger partial charge in [0.1, 0.15) is 5.82 Å². The predicted octanol–water partition coefficient (Wildman–Crippen LogP) is 1.66. The van der Waals surface area contributed by atoms with Crippen LogP contribution in [0.5, 0.6) is 0 Å². The average Bonchev–Trinajstić information content (AvgIpc) is 3.08. The normalized spacial score (nSPS) is 25.8. The molecule has 1 aromatic heterocycles. The Labute approximate surface area is 125 Å². The molecule has 6 heteroatoms. The van der Waals surface area contributed by atoms with Crippen molar-refractivity contribution in [2.45, 2.75) is 51.1 Å². The molecule has 2 fully saturated rings. The molecule has 2 N–H and O–H groups in total. The third-order valence-corrected chi connectivity index (χ3v) is 5.26. The van der Waals surface area contributed by atoms with Crippen molar-refractivity contribution in [1.82, 2.24) is 14.3 Å². The summed E-state index contributed by atoms with van der Waals surface area (Å²) in [6.07, 6.45) is 3.53. The summed E-state index contributed by atoms with van der Waals surface area (Å²) in [5.41, 5.74) is 5.99. The SMILES string of the molecule is CC(C)c1nsc(N2CCC(N3CCC(N)CC3)C2)n1. The van der Waals surface area contributed by atoms with E-state index in [4.69, 9.17) is 5.73 Å². The number of hydrogen-bond donors (Lipinski definition) is 1. The van der Waals surface area contributed by atoms with E-state index in [9.17, 15) is 0 Å². The fourth-order valence-electron chi connectivity index (χ4n) is 3.09. The van der Waals surface area contributed by atoms with Crippen LogP contribution >= 0.6 is 11.5 Å². The molecule has 1 aromatic rings. The van der Waals surface area contributed by atoms with Gasteiger partial charge in [0.2, 0.25) is 5.13 Å². The predicted molar refractivity (Wildman–Crippen MR) is 83.4 cm³/mol. The van der Waals surface area contributed by atoms with E-state index in [0.717, 1.165) is 50.0 Å². The third kappa shape index (κ3) is 2.97. The minimum atomic E-state index is 0.417. The second-order valence-corrected chi connectivity index (χ2v) is 7.08. The van der Waals surface area contributed by atoms with Crippen molar-refractivity contribution in [1.29, 1.82) is 0 Å². The van der Waals surface area contributed by atoms with Crippen LogP contribution in [-0.4, -0.2) is 52.5 Å². The number of piperidine rings is 1. The molecule has 0 radical (unpaired) electrons. The molecule has 1 unspecified atom stereocenters. The molecular weight excluding hydrogens is 270 g/mol. The zero-order valence-corrected chi connectivity index (χ0v) is 13.3. The quantitative estimate of drug-likeness (QED) is 0.919. The third-order valence-electron chi connectivity index (χ3n) is 4.47. The van der Waals surface area contributed by atoms with Crippen molar-refractivity contribution in [3.8, 4) is 0 Å². The lowest BCUT2D eigenvalue weighted by Gasteiger charge is -2.34. The van der Waals surface area contributed by atoms with Gasteiger partial charge in [0.15, 0.2) is 0 Å². The summed E-state index contributed by atoms with van der Waals surface area (Å²) in [5.74, 6) is 1.40. The number of aromatic nitrogens is 2. The van der Waals surface area contributed by atoms with Crippen LogP contribution in [0.3, 0.4) is 0 Å². The number of nitrogens with two attached hydrogens (primary N) is 1. The first-order valence-electron chi connectivity index (χ1n) is 7.71. The van der Waals surface area contributed by atoms with Crippen LogP contribution in [0.15, 0.2) is 0 Å². The molecule has 3 heterocycles. The number of likely N-dealkylation sites (tertiary alicyclic amines) is 1. The summed E-state index contributed by atoms with van der Waals surface area (Å²) >= 11 is 1.55. The Morgan fingerprint density at radius 3 is 2.60 bits per heavy atom. The molecule has 0 spiro atoms. The Morgan fingerprint density at radius 1 is 1.20 bits per heavy atom. The summed E-state index contributed by atoms with van der Waals surface area (Å²) in [5, 5.41) is 1.10. The highest BCUT2D eigenvalue weighted by Crippen LogP contribution is 2.27. The first-order valence-corrected chi connectivity index (χ1v) is 8.49. The number of anilines is 1. The van der Waals surface area contributed by atoms with Crippen LogP contribution in [0.25, 0.3) is 0 Å². The van der Waals surface area contributed by atoms with Crippen molar-refractivity contribution in [2.75, 3.05) is 31.1 Å². The summed E-state index contributed by atoms with van der Waals surface area (Å²) in [4.78, 5) is 9.70. The van der Waals surface area contributed by atoms with Gasteiger partial charge in [-0.05, 0) is 32.4 Å². The Balaban J connectivity index is 1.58. The van der Waals surface area contributed by atoms with E-state index in [-0.39, 0.29) is 0 Å². The number of hydrogen-bond acceptors (Lipinski definition) is 6. The van der Waals surface area contributed by atoms with E-state index in [1.54, 1.807) is 11.5 Å².